The summed E-state index contributed by atoms with van der Waals surface area (Å²) in [4.78, 5) is 14.7. The van der Waals surface area contributed by atoms with Crippen molar-refractivity contribution in [2.45, 2.75) is 25.5 Å². The number of hydrogen-bond acceptors (Lipinski definition) is 4. The summed E-state index contributed by atoms with van der Waals surface area (Å²) in [6, 6.07) is 4.08. The molecule has 3 rings (SSSR count). The molecule has 0 unspecified atom stereocenters. The number of rotatable bonds is 3. The van der Waals surface area contributed by atoms with Gasteiger partial charge in [-0.05, 0) is 36.8 Å². The Kier molecular flexibility index (Phi) is 3.50. The van der Waals surface area contributed by atoms with Gasteiger partial charge in [-0.15, -0.1) is 11.3 Å². The predicted molar refractivity (Wildman–Crippen MR) is 80.2 cm³/mol. The average molecular weight is 292 g/mol. The Labute approximate surface area is 121 Å². The van der Waals surface area contributed by atoms with Crippen LogP contribution in [0.2, 0.25) is 0 Å². The maximum atomic E-state index is 12.4. The van der Waals surface area contributed by atoms with Gasteiger partial charge >= 0.3 is 0 Å². The third kappa shape index (κ3) is 2.62. The molecule has 0 atom stereocenters. The van der Waals surface area contributed by atoms with Gasteiger partial charge in [0.15, 0.2) is 5.78 Å². The van der Waals surface area contributed by atoms with E-state index in [2.05, 4.69) is 11.2 Å². The second-order valence-corrected chi connectivity index (χ2v) is 7.10. The number of thioether (sulfide) groups is 1. The summed E-state index contributed by atoms with van der Waals surface area (Å²) in [5.41, 5.74) is 3.32. The minimum absolute atomic E-state index is 0.215. The molecule has 0 aromatic carbocycles. The van der Waals surface area contributed by atoms with Gasteiger partial charge in [-0.25, -0.2) is 0 Å². The van der Waals surface area contributed by atoms with Crippen LogP contribution in [0, 0.1) is 6.92 Å². The third-order valence-corrected chi connectivity index (χ3v) is 5.63. The molecule has 5 heteroatoms. The van der Waals surface area contributed by atoms with Gasteiger partial charge < -0.3 is 0 Å². The van der Waals surface area contributed by atoms with Crippen LogP contribution in [0.1, 0.15) is 31.5 Å². The van der Waals surface area contributed by atoms with Crippen LogP contribution in [0.3, 0.4) is 0 Å². The maximum Gasteiger partial charge on any atom is 0.178 e. The van der Waals surface area contributed by atoms with E-state index in [0.717, 1.165) is 28.4 Å². The number of hydrogen-bond donors (Lipinski definition) is 0. The van der Waals surface area contributed by atoms with Gasteiger partial charge in [0.05, 0.1) is 17.0 Å². The molecular weight excluding hydrogens is 276 g/mol. The molecule has 0 fully saturated rings. The van der Waals surface area contributed by atoms with Crippen LogP contribution in [0.5, 0.6) is 0 Å². The molecular formula is C14H16N2OS2. The van der Waals surface area contributed by atoms with Gasteiger partial charge in [0.1, 0.15) is 0 Å². The Morgan fingerprint density at radius 1 is 1.47 bits per heavy atom. The van der Waals surface area contributed by atoms with E-state index in [4.69, 9.17) is 0 Å². The van der Waals surface area contributed by atoms with E-state index in [1.807, 2.05) is 31.8 Å². The first-order valence-corrected chi connectivity index (χ1v) is 8.32. The standard InChI is InChI=1S/C14H16N2OS2/c1-9-5-11(16(2)15-9)7-12(17)14-6-10-8-18-4-3-13(10)19-14/h5-6H,3-4,7-8H2,1-2H3. The molecule has 19 heavy (non-hydrogen) atoms. The lowest BCUT2D eigenvalue weighted by Gasteiger charge is -2.08. The van der Waals surface area contributed by atoms with E-state index in [9.17, 15) is 4.79 Å². The third-order valence-electron chi connectivity index (χ3n) is 3.34. The van der Waals surface area contributed by atoms with Crippen LogP contribution in [0.25, 0.3) is 0 Å². The normalized spacial score (nSPS) is 14.4. The van der Waals surface area contributed by atoms with Gasteiger partial charge in [-0.1, -0.05) is 0 Å². The van der Waals surface area contributed by atoms with Gasteiger partial charge in [0.25, 0.3) is 0 Å². The predicted octanol–water partition coefficient (Wildman–Crippen LogP) is 3.00. The second-order valence-electron chi connectivity index (χ2n) is 4.86. The molecule has 1 aliphatic heterocycles. The lowest BCUT2D eigenvalue weighted by molar-refractivity contribution is 0.0994. The highest BCUT2D eigenvalue weighted by atomic mass is 32.2. The van der Waals surface area contributed by atoms with Crippen molar-refractivity contribution in [2.75, 3.05) is 5.75 Å². The van der Waals surface area contributed by atoms with Crippen molar-refractivity contribution >= 4 is 28.9 Å². The van der Waals surface area contributed by atoms with E-state index in [0.29, 0.717) is 6.42 Å². The molecule has 0 spiro atoms. The fraction of sp³-hybridized carbons (Fsp3) is 0.429. The van der Waals surface area contributed by atoms with E-state index in [-0.39, 0.29) is 5.78 Å². The summed E-state index contributed by atoms with van der Waals surface area (Å²) in [6.07, 6.45) is 1.56. The number of nitrogens with zero attached hydrogens (tertiary/aromatic N) is 2. The van der Waals surface area contributed by atoms with E-state index >= 15 is 0 Å². The van der Waals surface area contributed by atoms with Crippen molar-refractivity contribution in [3.05, 3.63) is 38.8 Å². The smallest absolute Gasteiger partial charge is 0.178 e. The van der Waals surface area contributed by atoms with Crippen LogP contribution in [-0.4, -0.2) is 21.3 Å². The number of carbonyl (C=O) groups excluding carboxylic acids is 1. The zero-order valence-electron chi connectivity index (χ0n) is 11.1. The molecule has 0 saturated carbocycles. The van der Waals surface area contributed by atoms with Gasteiger partial charge in [0.2, 0.25) is 0 Å². The van der Waals surface area contributed by atoms with E-state index < -0.39 is 0 Å². The highest BCUT2D eigenvalue weighted by Gasteiger charge is 2.18. The Bertz CT molecular complexity index is 604. The van der Waals surface area contributed by atoms with Crippen LogP contribution in [0.15, 0.2) is 12.1 Å². The molecule has 2 aromatic heterocycles. The van der Waals surface area contributed by atoms with Crippen molar-refractivity contribution in [3.63, 3.8) is 0 Å². The first-order chi connectivity index (χ1) is 9.13. The molecule has 2 aromatic rings. The molecule has 3 heterocycles. The topological polar surface area (TPSA) is 34.9 Å². The molecule has 3 nitrogen and oxygen atoms in total. The SMILES string of the molecule is Cc1cc(CC(=O)c2cc3c(s2)CCSC3)n(C)n1. The van der Waals surface area contributed by atoms with Crippen LogP contribution < -0.4 is 0 Å². The molecule has 0 amide bonds. The summed E-state index contributed by atoms with van der Waals surface area (Å²) >= 11 is 3.64. The van der Waals surface area contributed by atoms with E-state index in [1.165, 1.54) is 16.2 Å². The summed E-state index contributed by atoms with van der Waals surface area (Å²) in [5, 5.41) is 4.29. The number of ketones is 1. The Morgan fingerprint density at radius 2 is 2.32 bits per heavy atom. The highest BCUT2D eigenvalue weighted by Crippen LogP contribution is 2.32. The molecule has 1 aliphatic rings. The number of aryl methyl sites for hydroxylation is 3. The Morgan fingerprint density at radius 3 is 3.00 bits per heavy atom. The van der Waals surface area contributed by atoms with Crippen molar-refractivity contribution in [2.24, 2.45) is 7.05 Å². The highest BCUT2D eigenvalue weighted by molar-refractivity contribution is 7.98. The lowest BCUT2D eigenvalue weighted by Crippen LogP contribution is -2.06. The van der Waals surface area contributed by atoms with Crippen LogP contribution in [-0.2, 0) is 25.6 Å². The van der Waals surface area contributed by atoms with E-state index in [1.54, 1.807) is 16.0 Å². The van der Waals surface area contributed by atoms with Crippen molar-refractivity contribution in [3.8, 4) is 0 Å². The second kappa shape index (κ2) is 5.13. The summed E-state index contributed by atoms with van der Waals surface area (Å²) in [6.45, 7) is 1.95. The van der Waals surface area contributed by atoms with Crippen molar-refractivity contribution in [1.29, 1.82) is 0 Å². The molecule has 0 radical (unpaired) electrons. The minimum Gasteiger partial charge on any atom is -0.293 e. The zero-order chi connectivity index (χ0) is 13.4. The molecule has 0 aliphatic carbocycles. The first-order valence-electron chi connectivity index (χ1n) is 6.35. The van der Waals surface area contributed by atoms with Crippen molar-refractivity contribution in [1.82, 2.24) is 9.78 Å². The fourth-order valence-electron chi connectivity index (χ4n) is 2.37. The largest absolute Gasteiger partial charge is 0.293 e. The summed E-state index contributed by atoms with van der Waals surface area (Å²) in [7, 11) is 1.89. The van der Waals surface area contributed by atoms with Gasteiger partial charge in [-0.3, -0.25) is 9.48 Å². The summed E-state index contributed by atoms with van der Waals surface area (Å²) in [5.74, 6) is 2.46. The minimum atomic E-state index is 0.215. The fourth-order valence-corrected chi connectivity index (χ4v) is 4.68. The molecule has 0 bridgehead atoms. The Balaban J connectivity index is 1.80. The van der Waals surface area contributed by atoms with Crippen molar-refractivity contribution < 1.29 is 4.79 Å². The number of carbonyl (C=O) groups is 1. The first kappa shape index (κ1) is 12.9. The van der Waals surface area contributed by atoms with Crippen LogP contribution >= 0.6 is 23.1 Å². The van der Waals surface area contributed by atoms with Gasteiger partial charge in [0, 0.05) is 23.4 Å². The number of thiophene rings is 1. The maximum absolute atomic E-state index is 12.4. The lowest BCUT2D eigenvalue weighted by atomic mass is 10.1. The van der Waals surface area contributed by atoms with Crippen LogP contribution in [0.4, 0.5) is 0 Å². The zero-order valence-corrected chi connectivity index (χ0v) is 12.7. The monoisotopic (exact) mass is 292 g/mol. The quantitative estimate of drug-likeness (QED) is 0.816. The van der Waals surface area contributed by atoms with Gasteiger partial charge in [-0.2, -0.15) is 16.9 Å². The number of fused-ring (bicyclic) bond motifs is 1. The number of Topliss-reactive ketones (excluding diaryl/α,β-unsaturated/α-hetero) is 1. The molecule has 0 N–H and O–H groups in total. The number of aromatic nitrogens is 2. The average Bonchev–Trinajstić information content (AvgIpc) is 2.93. The molecule has 0 saturated heterocycles. The summed E-state index contributed by atoms with van der Waals surface area (Å²) < 4.78 is 1.80. The molecule has 100 valence electrons. The Hall–Kier alpha value is -1.07.